The van der Waals surface area contributed by atoms with Gasteiger partial charge in [-0.1, -0.05) is 53.5 Å². The van der Waals surface area contributed by atoms with Crippen molar-refractivity contribution in [3.05, 3.63) is 87.1 Å². The SMILES string of the molecule is C=CCOC(=O)C1(NC(=O)c2cnc3n2[C@]2(Cc4ccc(Cl)cc42)C(=O)N3c2cc(Cl)cc(Cl)c2)CC1. The van der Waals surface area contributed by atoms with Crippen LogP contribution >= 0.6 is 34.8 Å². The first kappa shape index (κ1) is 24.0. The molecule has 1 saturated carbocycles. The second-order valence-corrected chi connectivity index (χ2v) is 10.6. The predicted molar refractivity (Wildman–Crippen MR) is 139 cm³/mol. The van der Waals surface area contributed by atoms with Crippen LogP contribution in [0.2, 0.25) is 15.1 Å². The monoisotopic (exact) mass is 556 g/mol. The van der Waals surface area contributed by atoms with Crippen LogP contribution in [-0.2, 0) is 26.3 Å². The zero-order valence-electron chi connectivity index (χ0n) is 19.3. The van der Waals surface area contributed by atoms with E-state index in [-0.39, 0.29) is 24.2 Å². The lowest BCUT2D eigenvalue weighted by atomic mass is 9.70. The number of rotatable bonds is 6. The van der Waals surface area contributed by atoms with Gasteiger partial charge < -0.3 is 10.1 Å². The molecule has 2 amide bonds. The first-order chi connectivity index (χ1) is 17.7. The molecule has 3 aliphatic rings. The number of aromatic nitrogens is 2. The maximum atomic E-state index is 14.1. The third-order valence-corrected chi connectivity index (χ3v) is 7.68. The number of carbonyl (C=O) groups is 3. The number of esters is 1. The Morgan fingerprint density at radius 3 is 2.51 bits per heavy atom. The molecule has 2 heterocycles. The maximum absolute atomic E-state index is 14.1. The van der Waals surface area contributed by atoms with E-state index in [2.05, 4.69) is 16.9 Å². The van der Waals surface area contributed by atoms with E-state index >= 15 is 0 Å². The average Bonchev–Trinajstić information content (AvgIpc) is 3.41. The van der Waals surface area contributed by atoms with Gasteiger partial charge in [0.25, 0.3) is 11.8 Å². The Balaban J connectivity index is 1.46. The number of imidazole rings is 1. The van der Waals surface area contributed by atoms with Gasteiger partial charge in [-0.15, -0.1) is 0 Å². The van der Waals surface area contributed by atoms with Crippen LogP contribution in [-0.4, -0.2) is 39.5 Å². The Morgan fingerprint density at radius 2 is 1.84 bits per heavy atom. The van der Waals surface area contributed by atoms with Crippen LogP contribution in [0.5, 0.6) is 0 Å². The van der Waals surface area contributed by atoms with E-state index in [9.17, 15) is 14.4 Å². The van der Waals surface area contributed by atoms with E-state index in [1.54, 1.807) is 34.9 Å². The third kappa shape index (κ3) is 3.50. The number of carbonyl (C=O) groups excluding carboxylic acids is 3. The first-order valence-electron chi connectivity index (χ1n) is 11.5. The molecule has 0 bridgehead atoms. The highest BCUT2D eigenvalue weighted by atomic mass is 35.5. The van der Waals surface area contributed by atoms with Gasteiger partial charge in [0, 0.05) is 21.5 Å². The molecule has 188 valence electrons. The third-order valence-electron chi connectivity index (χ3n) is 7.01. The van der Waals surface area contributed by atoms with E-state index in [4.69, 9.17) is 39.5 Å². The molecule has 1 aromatic heterocycles. The van der Waals surface area contributed by atoms with Crippen molar-refractivity contribution in [2.75, 3.05) is 11.5 Å². The fourth-order valence-electron chi connectivity index (χ4n) is 5.11. The summed E-state index contributed by atoms with van der Waals surface area (Å²) in [6, 6.07) is 10.1. The van der Waals surface area contributed by atoms with Crippen molar-refractivity contribution >= 4 is 64.2 Å². The molecular weight excluding hydrogens is 539 g/mol. The van der Waals surface area contributed by atoms with Crippen LogP contribution in [0.25, 0.3) is 0 Å². The largest absolute Gasteiger partial charge is 0.460 e. The molecular formula is C26H19Cl3N4O4. The second-order valence-electron chi connectivity index (χ2n) is 9.31. The number of hydrogen-bond acceptors (Lipinski definition) is 5. The summed E-state index contributed by atoms with van der Waals surface area (Å²) in [5.41, 5.74) is -0.190. The minimum absolute atomic E-state index is 0.0465. The van der Waals surface area contributed by atoms with Crippen LogP contribution in [0.1, 0.15) is 34.5 Å². The molecule has 1 N–H and O–H groups in total. The van der Waals surface area contributed by atoms with Crippen LogP contribution < -0.4 is 10.2 Å². The number of halogens is 3. The lowest BCUT2D eigenvalue weighted by Gasteiger charge is -2.41. The van der Waals surface area contributed by atoms with Crippen LogP contribution in [0.4, 0.5) is 11.6 Å². The number of amides is 2. The summed E-state index contributed by atoms with van der Waals surface area (Å²) in [4.78, 5) is 46.1. The van der Waals surface area contributed by atoms with E-state index < -0.39 is 23.0 Å². The summed E-state index contributed by atoms with van der Waals surface area (Å²) in [5.74, 6) is -1.15. The van der Waals surface area contributed by atoms with Crippen LogP contribution in [0, 0.1) is 0 Å². The molecule has 0 radical (unpaired) electrons. The zero-order chi connectivity index (χ0) is 26.1. The molecule has 2 aromatic carbocycles. The average molecular weight is 558 g/mol. The van der Waals surface area contributed by atoms with Crippen molar-refractivity contribution in [3.8, 4) is 0 Å². The van der Waals surface area contributed by atoms with Gasteiger partial charge in [0.05, 0.1) is 11.9 Å². The Labute approximate surface area is 226 Å². The molecule has 37 heavy (non-hydrogen) atoms. The molecule has 2 aliphatic carbocycles. The van der Waals surface area contributed by atoms with Crippen molar-refractivity contribution in [2.24, 2.45) is 0 Å². The predicted octanol–water partition coefficient (Wildman–Crippen LogP) is 4.81. The van der Waals surface area contributed by atoms with Crippen molar-refractivity contribution < 1.29 is 19.1 Å². The fraction of sp³-hybridized carbons (Fsp3) is 0.231. The molecule has 3 aromatic rings. The van der Waals surface area contributed by atoms with Gasteiger partial charge in [-0.2, -0.15) is 0 Å². The van der Waals surface area contributed by atoms with Gasteiger partial charge in [0.2, 0.25) is 5.95 Å². The standard InChI is InChI=1S/C26H19Cl3N4O4/c1-2-7-37-23(36)25(5-6-25)31-21(34)20-13-30-24-32(18-9-16(28)8-17(29)10-18)22(35)26(33(20)24)12-14-3-4-15(27)11-19(14)26/h2-4,8-11,13H,1,5-7,12H2,(H,31,34)/t26-/m0/s1. The highest BCUT2D eigenvalue weighted by Gasteiger charge is 2.61. The topological polar surface area (TPSA) is 93.5 Å². The minimum atomic E-state index is -1.24. The smallest absolute Gasteiger partial charge is 0.332 e. The summed E-state index contributed by atoms with van der Waals surface area (Å²) >= 11 is 18.8. The number of nitrogens with zero attached hydrogens (tertiary/aromatic N) is 3. The summed E-state index contributed by atoms with van der Waals surface area (Å²) < 4.78 is 6.79. The molecule has 0 unspecified atom stereocenters. The number of fused-ring (bicyclic) bond motifs is 4. The van der Waals surface area contributed by atoms with Gasteiger partial charge in [-0.3, -0.25) is 14.2 Å². The number of hydrogen-bond donors (Lipinski definition) is 1. The van der Waals surface area contributed by atoms with Crippen molar-refractivity contribution in [1.29, 1.82) is 0 Å². The molecule has 1 atom stereocenters. The lowest BCUT2D eigenvalue weighted by Crippen LogP contribution is -2.53. The maximum Gasteiger partial charge on any atom is 0.332 e. The molecule has 1 aliphatic heterocycles. The van der Waals surface area contributed by atoms with E-state index in [1.807, 2.05) is 6.07 Å². The minimum Gasteiger partial charge on any atom is -0.460 e. The van der Waals surface area contributed by atoms with Crippen LogP contribution in [0.15, 0.2) is 55.3 Å². The Hall–Kier alpha value is -3.33. The molecule has 8 nitrogen and oxygen atoms in total. The van der Waals surface area contributed by atoms with E-state index in [0.717, 1.165) is 5.56 Å². The molecule has 1 fully saturated rings. The number of nitrogens with one attached hydrogen (secondary N) is 1. The zero-order valence-corrected chi connectivity index (χ0v) is 21.5. The molecule has 11 heteroatoms. The summed E-state index contributed by atoms with van der Waals surface area (Å²) in [7, 11) is 0. The Bertz CT molecular complexity index is 1510. The van der Waals surface area contributed by atoms with E-state index in [0.29, 0.717) is 45.6 Å². The molecule has 6 rings (SSSR count). The number of anilines is 2. The normalized spacial score (nSPS) is 20.2. The van der Waals surface area contributed by atoms with Crippen molar-refractivity contribution in [2.45, 2.75) is 30.3 Å². The lowest BCUT2D eigenvalue weighted by molar-refractivity contribution is -0.145. The van der Waals surface area contributed by atoms with E-state index in [1.165, 1.54) is 17.2 Å². The highest BCUT2D eigenvalue weighted by molar-refractivity contribution is 6.35. The second kappa shape index (κ2) is 8.34. The molecule has 1 spiro atoms. The van der Waals surface area contributed by atoms with Crippen LogP contribution in [0.3, 0.4) is 0 Å². The fourth-order valence-corrected chi connectivity index (χ4v) is 5.80. The Kier molecular flexibility index (Phi) is 5.42. The van der Waals surface area contributed by atoms with Gasteiger partial charge in [-0.05, 0) is 54.3 Å². The van der Waals surface area contributed by atoms with Crippen molar-refractivity contribution in [1.82, 2.24) is 14.9 Å². The van der Waals surface area contributed by atoms with Gasteiger partial charge in [0.1, 0.15) is 17.8 Å². The van der Waals surface area contributed by atoms with Crippen molar-refractivity contribution in [3.63, 3.8) is 0 Å². The summed E-state index contributed by atoms with van der Waals surface area (Å²) in [6.07, 6.45) is 4.09. The summed E-state index contributed by atoms with van der Waals surface area (Å²) in [6.45, 7) is 3.59. The quantitative estimate of drug-likeness (QED) is 0.347. The highest BCUT2D eigenvalue weighted by Crippen LogP contribution is 2.53. The van der Waals surface area contributed by atoms with Gasteiger partial charge in [0.15, 0.2) is 5.54 Å². The van der Waals surface area contributed by atoms with Gasteiger partial charge >= 0.3 is 5.97 Å². The Morgan fingerprint density at radius 1 is 1.11 bits per heavy atom. The molecule has 0 saturated heterocycles. The number of ether oxygens (including phenoxy) is 1. The number of benzene rings is 2. The van der Waals surface area contributed by atoms with Gasteiger partial charge in [-0.25, -0.2) is 14.7 Å². The summed E-state index contributed by atoms with van der Waals surface area (Å²) in [5, 5.41) is 3.96. The first-order valence-corrected chi connectivity index (χ1v) is 12.6.